The molecule has 3 rings (SSSR count). The van der Waals surface area contributed by atoms with E-state index in [4.69, 9.17) is 11.6 Å². The Bertz CT molecular complexity index is 896. The Labute approximate surface area is 165 Å². The first-order chi connectivity index (χ1) is 12.9. The highest BCUT2D eigenvalue weighted by Crippen LogP contribution is 2.28. The van der Waals surface area contributed by atoms with Crippen LogP contribution < -0.4 is 5.32 Å². The predicted molar refractivity (Wildman–Crippen MR) is 107 cm³/mol. The SMILES string of the molecule is Cc1ccc(NC(=O)C[C@@H]2CCCCN2S(=O)(=O)c2ccc(Cl)cc2)cc1. The second kappa shape index (κ2) is 8.42. The van der Waals surface area contributed by atoms with E-state index in [1.54, 1.807) is 12.1 Å². The second-order valence-corrected chi connectivity index (χ2v) is 9.16. The van der Waals surface area contributed by atoms with Gasteiger partial charge in [0.2, 0.25) is 15.9 Å². The zero-order chi connectivity index (χ0) is 19.4. The summed E-state index contributed by atoms with van der Waals surface area (Å²) in [5, 5.41) is 3.35. The van der Waals surface area contributed by atoms with E-state index in [-0.39, 0.29) is 23.3 Å². The van der Waals surface area contributed by atoms with Gasteiger partial charge in [-0.25, -0.2) is 8.42 Å². The molecule has 0 aliphatic carbocycles. The van der Waals surface area contributed by atoms with Crippen molar-refractivity contribution in [2.24, 2.45) is 0 Å². The fourth-order valence-electron chi connectivity index (χ4n) is 3.30. The summed E-state index contributed by atoms with van der Waals surface area (Å²) in [6.45, 7) is 2.40. The highest BCUT2D eigenvalue weighted by atomic mass is 35.5. The molecule has 7 heteroatoms. The lowest BCUT2D eigenvalue weighted by atomic mass is 10.0. The molecule has 0 aromatic heterocycles. The molecular formula is C20H23ClN2O3S. The number of hydrogen-bond acceptors (Lipinski definition) is 3. The Hall–Kier alpha value is -1.89. The first-order valence-electron chi connectivity index (χ1n) is 9.00. The number of aryl methyl sites for hydroxylation is 1. The molecule has 0 saturated carbocycles. The fourth-order valence-corrected chi connectivity index (χ4v) is 5.12. The smallest absolute Gasteiger partial charge is 0.243 e. The lowest BCUT2D eigenvalue weighted by molar-refractivity contribution is -0.117. The quantitative estimate of drug-likeness (QED) is 0.808. The normalized spacial score (nSPS) is 18.2. The summed E-state index contributed by atoms with van der Waals surface area (Å²) >= 11 is 5.87. The molecular weight excluding hydrogens is 384 g/mol. The van der Waals surface area contributed by atoms with Gasteiger partial charge in [-0.05, 0) is 56.2 Å². The molecule has 1 heterocycles. The molecule has 2 aromatic rings. The summed E-state index contributed by atoms with van der Waals surface area (Å²) in [6.07, 6.45) is 2.52. The van der Waals surface area contributed by atoms with Gasteiger partial charge in [0.1, 0.15) is 0 Å². The van der Waals surface area contributed by atoms with Crippen LogP contribution in [0, 0.1) is 6.92 Å². The third kappa shape index (κ3) is 4.89. The van der Waals surface area contributed by atoms with E-state index in [1.807, 2.05) is 31.2 Å². The van der Waals surface area contributed by atoms with Crippen LogP contribution in [-0.4, -0.2) is 31.2 Å². The van der Waals surface area contributed by atoms with Crippen LogP contribution in [0.5, 0.6) is 0 Å². The second-order valence-electron chi connectivity index (χ2n) is 6.84. The molecule has 2 aromatic carbocycles. The third-order valence-electron chi connectivity index (χ3n) is 4.75. The number of hydrogen-bond donors (Lipinski definition) is 1. The molecule has 0 radical (unpaired) electrons. The fraction of sp³-hybridized carbons (Fsp3) is 0.350. The van der Waals surface area contributed by atoms with Gasteiger partial charge >= 0.3 is 0 Å². The topological polar surface area (TPSA) is 66.5 Å². The summed E-state index contributed by atoms with van der Waals surface area (Å²) < 4.78 is 27.5. The molecule has 5 nitrogen and oxygen atoms in total. The molecule has 0 unspecified atom stereocenters. The number of sulfonamides is 1. The Kier molecular flexibility index (Phi) is 6.19. The first kappa shape index (κ1) is 19.9. The van der Waals surface area contributed by atoms with Crippen molar-refractivity contribution in [3.63, 3.8) is 0 Å². The highest BCUT2D eigenvalue weighted by molar-refractivity contribution is 7.89. The van der Waals surface area contributed by atoms with Crippen molar-refractivity contribution in [3.05, 3.63) is 59.1 Å². The van der Waals surface area contributed by atoms with Gasteiger partial charge in [-0.15, -0.1) is 0 Å². The van der Waals surface area contributed by atoms with Crippen LogP contribution in [0.15, 0.2) is 53.4 Å². The molecule has 0 spiro atoms. The maximum Gasteiger partial charge on any atom is 0.243 e. The van der Waals surface area contributed by atoms with Gasteiger partial charge in [0, 0.05) is 29.7 Å². The predicted octanol–water partition coefficient (Wildman–Crippen LogP) is 4.22. The van der Waals surface area contributed by atoms with Crippen LogP contribution in [0.3, 0.4) is 0 Å². The van der Waals surface area contributed by atoms with E-state index in [0.717, 1.165) is 18.4 Å². The maximum absolute atomic E-state index is 13.0. The number of nitrogens with zero attached hydrogens (tertiary/aromatic N) is 1. The van der Waals surface area contributed by atoms with Crippen LogP contribution in [0.2, 0.25) is 5.02 Å². The molecule has 1 N–H and O–H groups in total. The summed E-state index contributed by atoms with van der Waals surface area (Å²) in [7, 11) is -3.66. The molecule has 0 bridgehead atoms. The Balaban J connectivity index is 1.73. The average molecular weight is 407 g/mol. The van der Waals surface area contributed by atoms with Gasteiger partial charge in [0.15, 0.2) is 0 Å². The minimum Gasteiger partial charge on any atom is -0.326 e. The molecule has 27 heavy (non-hydrogen) atoms. The highest BCUT2D eigenvalue weighted by Gasteiger charge is 2.34. The van der Waals surface area contributed by atoms with Crippen molar-refractivity contribution >= 4 is 33.2 Å². The van der Waals surface area contributed by atoms with Crippen molar-refractivity contribution in [2.45, 2.75) is 43.5 Å². The largest absolute Gasteiger partial charge is 0.326 e. The van der Waals surface area contributed by atoms with Crippen LogP contribution in [0.25, 0.3) is 0 Å². The minimum atomic E-state index is -3.66. The number of rotatable bonds is 5. The van der Waals surface area contributed by atoms with E-state index in [1.165, 1.54) is 16.4 Å². The van der Waals surface area contributed by atoms with E-state index in [2.05, 4.69) is 5.32 Å². The van der Waals surface area contributed by atoms with E-state index in [9.17, 15) is 13.2 Å². The number of benzene rings is 2. The number of nitrogens with one attached hydrogen (secondary N) is 1. The number of anilines is 1. The van der Waals surface area contributed by atoms with E-state index in [0.29, 0.717) is 23.7 Å². The minimum absolute atomic E-state index is 0.140. The molecule has 144 valence electrons. The van der Waals surface area contributed by atoms with Gasteiger partial charge in [-0.2, -0.15) is 4.31 Å². The maximum atomic E-state index is 13.0. The zero-order valence-electron chi connectivity index (χ0n) is 15.2. The van der Waals surface area contributed by atoms with Gasteiger partial charge in [0.05, 0.1) is 4.90 Å². The molecule has 1 saturated heterocycles. The summed E-state index contributed by atoms with van der Waals surface area (Å²) in [6, 6.07) is 13.3. The van der Waals surface area contributed by atoms with E-state index < -0.39 is 10.0 Å². The standard InChI is InChI=1S/C20H23ClN2O3S/c1-15-5-9-17(10-6-15)22-20(24)14-18-4-2-3-13-23(18)27(25,26)19-11-7-16(21)8-12-19/h5-12,18H,2-4,13-14H2,1H3,(H,22,24)/t18-/m0/s1. The van der Waals surface area contributed by atoms with Crippen molar-refractivity contribution in [1.82, 2.24) is 4.31 Å². The Morgan fingerprint density at radius 1 is 1.11 bits per heavy atom. The summed E-state index contributed by atoms with van der Waals surface area (Å²) in [5.41, 5.74) is 1.83. The molecule has 1 aliphatic heterocycles. The van der Waals surface area contributed by atoms with Crippen molar-refractivity contribution in [2.75, 3.05) is 11.9 Å². The number of halogens is 1. The van der Waals surface area contributed by atoms with Crippen LogP contribution in [-0.2, 0) is 14.8 Å². The van der Waals surface area contributed by atoms with Crippen LogP contribution in [0.4, 0.5) is 5.69 Å². The molecule has 1 fully saturated rings. The van der Waals surface area contributed by atoms with Gasteiger partial charge in [-0.1, -0.05) is 35.7 Å². The lowest BCUT2D eigenvalue weighted by Crippen LogP contribution is -2.45. The van der Waals surface area contributed by atoms with Crippen molar-refractivity contribution in [3.8, 4) is 0 Å². The Morgan fingerprint density at radius 3 is 2.44 bits per heavy atom. The molecule has 1 amide bonds. The number of piperidine rings is 1. The average Bonchev–Trinajstić information content (AvgIpc) is 2.64. The lowest BCUT2D eigenvalue weighted by Gasteiger charge is -2.34. The van der Waals surface area contributed by atoms with Gasteiger partial charge in [-0.3, -0.25) is 4.79 Å². The molecule has 1 atom stereocenters. The van der Waals surface area contributed by atoms with Crippen LogP contribution in [0.1, 0.15) is 31.2 Å². The van der Waals surface area contributed by atoms with Crippen LogP contribution >= 0.6 is 11.6 Å². The monoisotopic (exact) mass is 406 g/mol. The summed E-state index contributed by atoms with van der Waals surface area (Å²) in [5.74, 6) is -0.179. The van der Waals surface area contributed by atoms with Crippen molar-refractivity contribution < 1.29 is 13.2 Å². The number of carbonyl (C=O) groups is 1. The van der Waals surface area contributed by atoms with Gasteiger partial charge < -0.3 is 5.32 Å². The number of amides is 1. The van der Waals surface area contributed by atoms with Gasteiger partial charge in [0.25, 0.3) is 0 Å². The van der Waals surface area contributed by atoms with Crippen molar-refractivity contribution in [1.29, 1.82) is 0 Å². The van der Waals surface area contributed by atoms with E-state index >= 15 is 0 Å². The summed E-state index contributed by atoms with van der Waals surface area (Å²) in [4.78, 5) is 12.7. The molecule has 1 aliphatic rings. The first-order valence-corrected chi connectivity index (χ1v) is 10.8. The third-order valence-corrected chi connectivity index (χ3v) is 6.97. The Morgan fingerprint density at radius 2 is 1.78 bits per heavy atom. The number of carbonyl (C=O) groups excluding carboxylic acids is 1. The zero-order valence-corrected chi connectivity index (χ0v) is 16.8.